The first-order valence-electron chi connectivity index (χ1n) is 18.8. The SMILES string of the molecule is c1ccc(-n2c3ccccc3c3cc(-c4ccc5c(c4)c4ccccc4n5-c4cc(-c5cccc6ccccc56)cc5c4oc4ccccc45)ccc32)cc1. The Bertz CT molecular complexity index is 3480. The van der Waals surface area contributed by atoms with Crippen LogP contribution < -0.4 is 0 Å². The predicted octanol–water partition coefficient (Wildman–Crippen LogP) is 14.3. The van der Waals surface area contributed by atoms with Gasteiger partial charge < -0.3 is 13.6 Å². The number of hydrogen-bond donors (Lipinski definition) is 0. The van der Waals surface area contributed by atoms with Crippen molar-refractivity contribution in [3.05, 3.63) is 194 Å². The largest absolute Gasteiger partial charge is 0.454 e. The van der Waals surface area contributed by atoms with Gasteiger partial charge in [-0.3, -0.25) is 0 Å². The summed E-state index contributed by atoms with van der Waals surface area (Å²) in [5, 5.41) is 9.61. The molecule has 256 valence electrons. The molecule has 9 aromatic carbocycles. The van der Waals surface area contributed by atoms with Crippen LogP contribution in [0.15, 0.2) is 199 Å². The Morgan fingerprint density at radius 1 is 0.327 bits per heavy atom. The lowest BCUT2D eigenvalue weighted by Gasteiger charge is -2.13. The molecule has 0 aliphatic rings. The van der Waals surface area contributed by atoms with E-state index >= 15 is 0 Å². The van der Waals surface area contributed by atoms with Crippen LogP contribution >= 0.6 is 0 Å². The summed E-state index contributed by atoms with van der Waals surface area (Å²) in [7, 11) is 0. The standard InChI is InChI=1S/C52H32N2O/c1-2-15-37(16-3-1)53-46-22-9-6-18-40(46)43-29-34(25-27-48(43)53)35-26-28-49-44(30-35)41-19-7-10-23-47(41)54(49)50-32-36(39-21-12-14-33-13-4-5-17-38(33)39)31-45-42-20-8-11-24-51(42)55-52(45)50/h1-32H. The van der Waals surface area contributed by atoms with Gasteiger partial charge in [-0.05, 0) is 99.8 Å². The van der Waals surface area contributed by atoms with E-state index < -0.39 is 0 Å². The maximum atomic E-state index is 6.76. The molecule has 12 aromatic rings. The van der Waals surface area contributed by atoms with Crippen LogP contribution in [0.25, 0.3) is 110 Å². The van der Waals surface area contributed by atoms with Crippen molar-refractivity contribution in [1.82, 2.24) is 9.13 Å². The molecule has 12 rings (SSSR count). The minimum absolute atomic E-state index is 0.886. The Hall–Kier alpha value is -7.36. The van der Waals surface area contributed by atoms with E-state index in [2.05, 4.69) is 203 Å². The minimum atomic E-state index is 0.886. The van der Waals surface area contributed by atoms with Gasteiger partial charge in [-0.15, -0.1) is 0 Å². The number of aromatic nitrogens is 2. The van der Waals surface area contributed by atoms with E-state index in [9.17, 15) is 0 Å². The first-order chi connectivity index (χ1) is 27.3. The summed E-state index contributed by atoms with van der Waals surface area (Å²) in [4.78, 5) is 0. The summed E-state index contributed by atoms with van der Waals surface area (Å²) in [6.45, 7) is 0. The molecule has 0 spiro atoms. The van der Waals surface area contributed by atoms with E-state index in [1.54, 1.807) is 0 Å². The van der Waals surface area contributed by atoms with E-state index in [4.69, 9.17) is 4.42 Å². The Balaban J connectivity index is 1.10. The molecule has 0 amide bonds. The van der Waals surface area contributed by atoms with Gasteiger partial charge in [0.25, 0.3) is 0 Å². The Kier molecular flexibility index (Phi) is 6.34. The maximum Gasteiger partial charge on any atom is 0.159 e. The highest BCUT2D eigenvalue weighted by atomic mass is 16.3. The third-order valence-electron chi connectivity index (χ3n) is 11.5. The zero-order valence-corrected chi connectivity index (χ0v) is 29.8. The van der Waals surface area contributed by atoms with Crippen LogP contribution in [0.3, 0.4) is 0 Å². The number of para-hydroxylation sites is 4. The average molecular weight is 701 g/mol. The third-order valence-corrected chi connectivity index (χ3v) is 11.5. The topological polar surface area (TPSA) is 23.0 Å². The molecule has 3 heterocycles. The summed E-state index contributed by atoms with van der Waals surface area (Å²) in [6, 6.07) is 70.3. The zero-order chi connectivity index (χ0) is 36.0. The fourth-order valence-electron chi connectivity index (χ4n) is 9.03. The second-order valence-corrected chi connectivity index (χ2v) is 14.5. The Labute approximate surface area is 316 Å². The van der Waals surface area contributed by atoms with E-state index in [1.165, 1.54) is 65.7 Å². The van der Waals surface area contributed by atoms with Gasteiger partial charge >= 0.3 is 0 Å². The fourth-order valence-corrected chi connectivity index (χ4v) is 9.03. The number of benzene rings is 9. The molecule has 3 nitrogen and oxygen atoms in total. The second kappa shape index (κ2) is 11.6. The van der Waals surface area contributed by atoms with Gasteiger partial charge in [-0.2, -0.15) is 0 Å². The molecular formula is C52H32N2O. The smallest absolute Gasteiger partial charge is 0.159 e. The average Bonchev–Trinajstić information content (AvgIpc) is 3.91. The van der Waals surface area contributed by atoms with Crippen LogP contribution in [-0.2, 0) is 0 Å². The van der Waals surface area contributed by atoms with Crippen molar-refractivity contribution in [2.45, 2.75) is 0 Å². The van der Waals surface area contributed by atoms with Gasteiger partial charge in [-0.1, -0.05) is 127 Å². The van der Waals surface area contributed by atoms with Crippen molar-refractivity contribution in [1.29, 1.82) is 0 Å². The quantitative estimate of drug-likeness (QED) is 0.179. The van der Waals surface area contributed by atoms with Crippen molar-refractivity contribution >= 4 is 76.3 Å². The van der Waals surface area contributed by atoms with Crippen LogP contribution in [0, 0.1) is 0 Å². The van der Waals surface area contributed by atoms with Gasteiger partial charge in [0, 0.05) is 38.0 Å². The number of nitrogens with zero attached hydrogens (tertiary/aromatic N) is 2. The van der Waals surface area contributed by atoms with Gasteiger partial charge in [0.2, 0.25) is 0 Å². The normalized spacial score (nSPS) is 12.0. The lowest BCUT2D eigenvalue weighted by Crippen LogP contribution is -1.96. The van der Waals surface area contributed by atoms with Crippen LogP contribution in [0.5, 0.6) is 0 Å². The van der Waals surface area contributed by atoms with Gasteiger partial charge in [0.1, 0.15) is 5.58 Å². The van der Waals surface area contributed by atoms with Crippen LogP contribution in [0.2, 0.25) is 0 Å². The maximum absolute atomic E-state index is 6.76. The molecule has 0 saturated heterocycles. The summed E-state index contributed by atoms with van der Waals surface area (Å²) >= 11 is 0. The van der Waals surface area contributed by atoms with Crippen molar-refractivity contribution in [2.75, 3.05) is 0 Å². The Morgan fingerprint density at radius 2 is 0.873 bits per heavy atom. The predicted molar refractivity (Wildman–Crippen MR) is 231 cm³/mol. The zero-order valence-electron chi connectivity index (χ0n) is 29.8. The Morgan fingerprint density at radius 3 is 1.62 bits per heavy atom. The second-order valence-electron chi connectivity index (χ2n) is 14.5. The van der Waals surface area contributed by atoms with Gasteiger partial charge in [0.15, 0.2) is 5.58 Å². The monoisotopic (exact) mass is 700 g/mol. The number of rotatable bonds is 4. The minimum Gasteiger partial charge on any atom is -0.454 e. The highest BCUT2D eigenvalue weighted by molar-refractivity contribution is 6.15. The molecule has 3 aromatic heterocycles. The number of hydrogen-bond acceptors (Lipinski definition) is 1. The molecular weight excluding hydrogens is 669 g/mol. The highest BCUT2D eigenvalue weighted by Crippen LogP contribution is 2.43. The van der Waals surface area contributed by atoms with Crippen molar-refractivity contribution in [2.24, 2.45) is 0 Å². The number of furan rings is 1. The molecule has 0 radical (unpaired) electrons. The fraction of sp³-hybridized carbons (Fsp3) is 0. The van der Waals surface area contributed by atoms with E-state index in [0.29, 0.717) is 0 Å². The van der Waals surface area contributed by atoms with Crippen molar-refractivity contribution in [3.63, 3.8) is 0 Å². The summed E-state index contributed by atoms with van der Waals surface area (Å²) in [6.07, 6.45) is 0. The first-order valence-corrected chi connectivity index (χ1v) is 18.8. The van der Waals surface area contributed by atoms with Crippen LogP contribution in [0.4, 0.5) is 0 Å². The molecule has 0 fully saturated rings. The summed E-state index contributed by atoms with van der Waals surface area (Å²) < 4.78 is 11.5. The molecule has 0 aliphatic heterocycles. The molecule has 55 heavy (non-hydrogen) atoms. The molecule has 0 unspecified atom stereocenters. The summed E-state index contributed by atoms with van der Waals surface area (Å²) in [5.41, 5.74) is 13.4. The van der Waals surface area contributed by atoms with E-state index in [-0.39, 0.29) is 0 Å². The highest BCUT2D eigenvalue weighted by Gasteiger charge is 2.21. The van der Waals surface area contributed by atoms with E-state index in [0.717, 1.165) is 44.2 Å². The lowest BCUT2D eigenvalue weighted by molar-refractivity contribution is 0.666. The van der Waals surface area contributed by atoms with Crippen molar-refractivity contribution in [3.8, 4) is 33.6 Å². The van der Waals surface area contributed by atoms with E-state index in [1.807, 2.05) is 0 Å². The molecule has 3 heteroatoms. The van der Waals surface area contributed by atoms with Crippen LogP contribution in [0.1, 0.15) is 0 Å². The van der Waals surface area contributed by atoms with Gasteiger partial charge in [0.05, 0.1) is 27.8 Å². The molecule has 0 N–H and O–H groups in total. The lowest BCUT2D eigenvalue weighted by atomic mass is 9.96. The number of fused-ring (bicyclic) bond motifs is 10. The van der Waals surface area contributed by atoms with Crippen LogP contribution in [-0.4, -0.2) is 9.13 Å². The summed E-state index contributed by atoms with van der Waals surface area (Å²) in [5.74, 6) is 0. The first kappa shape index (κ1) is 30.1. The van der Waals surface area contributed by atoms with Gasteiger partial charge in [-0.25, -0.2) is 0 Å². The molecule has 0 saturated carbocycles. The molecule has 0 bridgehead atoms. The third kappa shape index (κ3) is 4.44. The molecule has 0 aliphatic carbocycles. The molecule has 0 atom stereocenters. The van der Waals surface area contributed by atoms with Crippen molar-refractivity contribution < 1.29 is 4.42 Å².